The zero-order valence-corrected chi connectivity index (χ0v) is 13.7. The van der Waals surface area contributed by atoms with Gasteiger partial charge in [-0.25, -0.2) is 0 Å². The molecule has 0 fully saturated rings. The first kappa shape index (κ1) is 16.5. The Kier molecular flexibility index (Phi) is 5.26. The van der Waals surface area contributed by atoms with E-state index in [2.05, 4.69) is 20.8 Å². The molecule has 3 aromatic rings. The van der Waals surface area contributed by atoms with E-state index in [1.807, 2.05) is 19.1 Å². The average Bonchev–Trinajstić information content (AvgIpc) is 3.16. The lowest BCUT2D eigenvalue weighted by Crippen LogP contribution is -2.14. The molecule has 1 aromatic carbocycles. The Labute approximate surface area is 145 Å². The minimum absolute atomic E-state index is 0.234. The van der Waals surface area contributed by atoms with Crippen LogP contribution in [0.5, 0.6) is 5.75 Å². The van der Waals surface area contributed by atoms with Crippen LogP contribution in [-0.2, 0) is 6.54 Å². The van der Waals surface area contributed by atoms with E-state index in [0.717, 1.165) is 11.5 Å². The number of carbonyl (C=O) groups excluding carboxylic acids is 1. The molecular weight excluding hydrogens is 320 g/mol. The Morgan fingerprint density at radius 3 is 2.60 bits per heavy atom. The van der Waals surface area contributed by atoms with Gasteiger partial charge in [0.05, 0.1) is 19.4 Å². The SMILES string of the molecule is CCOc1ccc(NC(=O)c2ccc(NCc3ccco3)nn2)cc1. The summed E-state index contributed by atoms with van der Waals surface area (Å²) in [6.07, 6.45) is 1.61. The van der Waals surface area contributed by atoms with Crippen molar-refractivity contribution in [1.29, 1.82) is 0 Å². The normalized spacial score (nSPS) is 10.3. The Morgan fingerprint density at radius 1 is 1.12 bits per heavy atom. The standard InChI is InChI=1S/C18H18N4O3/c1-2-24-14-7-5-13(6-8-14)20-18(23)16-9-10-17(22-21-16)19-12-15-4-3-11-25-15/h3-11H,2,12H2,1H3,(H,19,22)(H,20,23). The highest BCUT2D eigenvalue weighted by Crippen LogP contribution is 2.16. The van der Waals surface area contributed by atoms with Crippen LogP contribution < -0.4 is 15.4 Å². The molecule has 0 aliphatic rings. The van der Waals surface area contributed by atoms with Gasteiger partial charge in [-0.1, -0.05) is 0 Å². The van der Waals surface area contributed by atoms with Crippen LogP contribution in [0.4, 0.5) is 11.5 Å². The Bertz CT molecular complexity index is 799. The van der Waals surface area contributed by atoms with Gasteiger partial charge in [0.2, 0.25) is 0 Å². The van der Waals surface area contributed by atoms with Crippen LogP contribution in [0.3, 0.4) is 0 Å². The highest BCUT2D eigenvalue weighted by Gasteiger charge is 2.09. The number of hydrogen-bond donors (Lipinski definition) is 2. The third kappa shape index (κ3) is 4.57. The molecule has 7 nitrogen and oxygen atoms in total. The molecule has 2 heterocycles. The minimum atomic E-state index is -0.325. The fourth-order valence-electron chi connectivity index (χ4n) is 2.13. The number of nitrogens with one attached hydrogen (secondary N) is 2. The summed E-state index contributed by atoms with van der Waals surface area (Å²) in [7, 11) is 0. The number of amides is 1. The highest BCUT2D eigenvalue weighted by atomic mass is 16.5. The van der Waals surface area contributed by atoms with Crippen molar-refractivity contribution in [3.8, 4) is 5.75 Å². The van der Waals surface area contributed by atoms with Gasteiger partial charge in [0, 0.05) is 5.69 Å². The molecule has 128 valence electrons. The van der Waals surface area contributed by atoms with Crippen LogP contribution in [0.1, 0.15) is 23.2 Å². The van der Waals surface area contributed by atoms with E-state index in [1.54, 1.807) is 42.7 Å². The number of nitrogens with zero attached hydrogens (tertiary/aromatic N) is 2. The zero-order chi connectivity index (χ0) is 17.5. The zero-order valence-electron chi connectivity index (χ0n) is 13.7. The number of ether oxygens (including phenoxy) is 1. The maximum absolute atomic E-state index is 12.2. The summed E-state index contributed by atoms with van der Waals surface area (Å²) in [4.78, 5) is 12.2. The van der Waals surface area contributed by atoms with E-state index in [1.165, 1.54) is 0 Å². The topological polar surface area (TPSA) is 89.3 Å². The van der Waals surface area contributed by atoms with Crippen molar-refractivity contribution in [2.75, 3.05) is 17.2 Å². The van der Waals surface area contributed by atoms with Crippen LogP contribution in [0, 0.1) is 0 Å². The van der Waals surface area contributed by atoms with Gasteiger partial charge in [0.15, 0.2) is 5.69 Å². The summed E-state index contributed by atoms with van der Waals surface area (Å²) in [6.45, 7) is 3.02. The predicted molar refractivity (Wildman–Crippen MR) is 93.6 cm³/mol. The van der Waals surface area contributed by atoms with Crippen molar-refractivity contribution in [3.05, 3.63) is 66.2 Å². The van der Waals surface area contributed by atoms with Crippen LogP contribution >= 0.6 is 0 Å². The number of benzene rings is 1. The fourth-order valence-corrected chi connectivity index (χ4v) is 2.13. The molecule has 0 radical (unpaired) electrons. The van der Waals surface area contributed by atoms with E-state index < -0.39 is 0 Å². The summed E-state index contributed by atoms with van der Waals surface area (Å²) in [5.41, 5.74) is 0.896. The van der Waals surface area contributed by atoms with E-state index >= 15 is 0 Å². The number of carbonyl (C=O) groups is 1. The number of anilines is 2. The summed E-state index contributed by atoms with van der Waals surface area (Å²) >= 11 is 0. The molecule has 0 unspecified atom stereocenters. The number of rotatable bonds is 7. The van der Waals surface area contributed by atoms with Gasteiger partial charge in [-0.05, 0) is 55.5 Å². The molecule has 0 aliphatic carbocycles. The molecule has 0 saturated carbocycles. The first-order valence-electron chi connectivity index (χ1n) is 7.89. The van der Waals surface area contributed by atoms with Gasteiger partial charge >= 0.3 is 0 Å². The lowest BCUT2D eigenvalue weighted by atomic mass is 10.3. The molecule has 0 spiro atoms. The largest absolute Gasteiger partial charge is 0.494 e. The molecule has 3 rings (SSSR count). The van der Waals surface area contributed by atoms with E-state index in [4.69, 9.17) is 9.15 Å². The molecule has 0 aliphatic heterocycles. The summed E-state index contributed by atoms with van der Waals surface area (Å²) in [6, 6.07) is 14.1. The minimum Gasteiger partial charge on any atom is -0.494 e. The van der Waals surface area contributed by atoms with Crippen LogP contribution in [-0.4, -0.2) is 22.7 Å². The maximum Gasteiger partial charge on any atom is 0.276 e. The Hall–Kier alpha value is -3.35. The van der Waals surface area contributed by atoms with Gasteiger partial charge in [-0.3, -0.25) is 4.79 Å². The van der Waals surface area contributed by atoms with E-state index in [0.29, 0.717) is 24.7 Å². The van der Waals surface area contributed by atoms with Crippen LogP contribution in [0.2, 0.25) is 0 Å². The molecule has 0 bridgehead atoms. The van der Waals surface area contributed by atoms with Crippen molar-refractivity contribution in [3.63, 3.8) is 0 Å². The van der Waals surface area contributed by atoms with E-state index in [9.17, 15) is 4.79 Å². The molecule has 0 saturated heterocycles. The third-order valence-electron chi connectivity index (χ3n) is 3.34. The van der Waals surface area contributed by atoms with Gasteiger partial charge in [0.1, 0.15) is 17.3 Å². The second kappa shape index (κ2) is 7.96. The van der Waals surface area contributed by atoms with Gasteiger partial charge < -0.3 is 19.8 Å². The first-order valence-corrected chi connectivity index (χ1v) is 7.89. The summed E-state index contributed by atoms with van der Waals surface area (Å²) in [5, 5.41) is 13.8. The molecule has 7 heteroatoms. The lowest BCUT2D eigenvalue weighted by Gasteiger charge is -2.07. The van der Waals surface area contributed by atoms with Gasteiger partial charge in [-0.15, -0.1) is 10.2 Å². The molecule has 0 atom stereocenters. The highest BCUT2D eigenvalue weighted by molar-refractivity contribution is 6.02. The van der Waals surface area contributed by atoms with Gasteiger partial charge in [0.25, 0.3) is 5.91 Å². The molecule has 2 aromatic heterocycles. The molecule has 1 amide bonds. The van der Waals surface area contributed by atoms with Crippen LogP contribution in [0.15, 0.2) is 59.2 Å². The molecule has 2 N–H and O–H groups in total. The lowest BCUT2D eigenvalue weighted by molar-refractivity contribution is 0.102. The second-order valence-electron chi connectivity index (χ2n) is 5.15. The summed E-state index contributed by atoms with van der Waals surface area (Å²) < 4.78 is 10.6. The third-order valence-corrected chi connectivity index (χ3v) is 3.34. The van der Waals surface area contributed by atoms with Crippen LogP contribution in [0.25, 0.3) is 0 Å². The Morgan fingerprint density at radius 2 is 1.96 bits per heavy atom. The molecule has 25 heavy (non-hydrogen) atoms. The van der Waals surface area contributed by atoms with E-state index in [-0.39, 0.29) is 11.6 Å². The van der Waals surface area contributed by atoms with Crippen molar-refractivity contribution in [2.24, 2.45) is 0 Å². The van der Waals surface area contributed by atoms with Crippen molar-refractivity contribution < 1.29 is 13.9 Å². The number of hydrogen-bond acceptors (Lipinski definition) is 6. The second-order valence-corrected chi connectivity index (χ2v) is 5.15. The first-order chi connectivity index (χ1) is 12.2. The average molecular weight is 338 g/mol. The number of aromatic nitrogens is 2. The molecular formula is C18H18N4O3. The van der Waals surface area contributed by atoms with Crippen molar-refractivity contribution in [1.82, 2.24) is 10.2 Å². The predicted octanol–water partition coefficient (Wildman–Crippen LogP) is 3.33. The smallest absolute Gasteiger partial charge is 0.276 e. The Balaban J connectivity index is 1.56. The summed E-state index contributed by atoms with van der Waals surface area (Å²) in [5.74, 6) is 1.79. The maximum atomic E-state index is 12.2. The van der Waals surface area contributed by atoms with Crippen molar-refractivity contribution >= 4 is 17.4 Å². The van der Waals surface area contributed by atoms with Crippen molar-refractivity contribution in [2.45, 2.75) is 13.5 Å². The van der Waals surface area contributed by atoms with Gasteiger partial charge in [-0.2, -0.15) is 0 Å². The monoisotopic (exact) mass is 338 g/mol. The fraction of sp³-hybridized carbons (Fsp3) is 0.167. The number of furan rings is 1. The quantitative estimate of drug-likeness (QED) is 0.687.